The summed E-state index contributed by atoms with van der Waals surface area (Å²) in [4.78, 5) is 45.7. The minimum atomic E-state index is -0.719. The minimum absolute atomic E-state index is 0.0711. The largest absolute Gasteiger partial charge is 0.508 e. The highest BCUT2D eigenvalue weighted by Crippen LogP contribution is 2.47. The summed E-state index contributed by atoms with van der Waals surface area (Å²) in [6.07, 6.45) is 2.68. The molecule has 57 heavy (non-hydrogen) atoms. The van der Waals surface area contributed by atoms with Crippen molar-refractivity contribution >= 4 is 29.1 Å². The van der Waals surface area contributed by atoms with Crippen molar-refractivity contribution in [1.29, 1.82) is 0 Å². The zero-order valence-electron chi connectivity index (χ0n) is 32.2. The van der Waals surface area contributed by atoms with Crippen molar-refractivity contribution < 1.29 is 33.4 Å². The molecule has 2 N–H and O–H groups in total. The van der Waals surface area contributed by atoms with Gasteiger partial charge in [0.05, 0.1) is 19.4 Å². The molecule has 3 amide bonds. The topological polar surface area (TPSA) is 115 Å². The Morgan fingerprint density at radius 1 is 0.842 bits per heavy atom. The van der Waals surface area contributed by atoms with E-state index in [-0.39, 0.29) is 48.8 Å². The maximum absolute atomic E-state index is 15.5. The quantitative estimate of drug-likeness (QED) is 0.220. The number of rotatable bonds is 8. The summed E-state index contributed by atoms with van der Waals surface area (Å²) in [6.45, 7) is 6.83. The number of piperazine rings is 1. The first-order valence-corrected chi connectivity index (χ1v) is 20.1. The van der Waals surface area contributed by atoms with E-state index in [4.69, 9.17) is 9.47 Å². The molecule has 5 aliphatic rings. The summed E-state index contributed by atoms with van der Waals surface area (Å²) in [6, 6.07) is 25.0. The van der Waals surface area contributed by atoms with Gasteiger partial charge in [0.2, 0.25) is 11.8 Å². The molecule has 12 heteroatoms. The van der Waals surface area contributed by atoms with E-state index in [2.05, 4.69) is 56.4 Å². The van der Waals surface area contributed by atoms with Crippen molar-refractivity contribution in [3.8, 4) is 17.2 Å². The van der Waals surface area contributed by atoms with Crippen LogP contribution in [0.25, 0.3) is 0 Å². The molecule has 1 unspecified atom stereocenters. The second kappa shape index (κ2) is 15.4. The Bertz CT molecular complexity index is 2160. The molecule has 5 aliphatic heterocycles. The Balaban J connectivity index is 0.794. The summed E-state index contributed by atoms with van der Waals surface area (Å²) in [5.41, 5.74) is 6.21. The van der Waals surface area contributed by atoms with Gasteiger partial charge in [-0.15, -0.1) is 0 Å². The second-order valence-corrected chi connectivity index (χ2v) is 16.1. The Morgan fingerprint density at radius 2 is 1.58 bits per heavy atom. The van der Waals surface area contributed by atoms with Gasteiger partial charge in [0.1, 0.15) is 29.1 Å². The Kier molecular flexibility index (Phi) is 9.98. The molecule has 4 aromatic rings. The third-order valence-electron chi connectivity index (χ3n) is 12.7. The van der Waals surface area contributed by atoms with Crippen molar-refractivity contribution in [1.82, 2.24) is 15.1 Å². The number of anilines is 2. The summed E-state index contributed by atoms with van der Waals surface area (Å²) < 4.78 is 27.1. The van der Waals surface area contributed by atoms with Crippen LogP contribution < -0.4 is 24.6 Å². The van der Waals surface area contributed by atoms with Gasteiger partial charge in [-0.2, -0.15) is 0 Å². The van der Waals surface area contributed by atoms with Crippen molar-refractivity contribution in [3.63, 3.8) is 0 Å². The van der Waals surface area contributed by atoms with Crippen LogP contribution in [0.3, 0.4) is 0 Å². The van der Waals surface area contributed by atoms with E-state index in [0.717, 1.165) is 68.2 Å². The highest BCUT2D eigenvalue weighted by Gasteiger charge is 2.40. The number of amides is 3. The molecule has 3 atom stereocenters. The van der Waals surface area contributed by atoms with E-state index in [9.17, 15) is 19.5 Å². The average molecular weight is 774 g/mol. The smallest absolute Gasteiger partial charge is 0.255 e. The lowest BCUT2D eigenvalue weighted by atomic mass is 9.76. The number of methoxy groups -OCH3 is 1. The van der Waals surface area contributed by atoms with Crippen molar-refractivity contribution in [2.45, 2.75) is 50.1 Å². The van der Waals surface area contributed by atoms with E-state index in [1.165, 1.54) is 27.8 Å². The van der Waals surface area contributed by atoms with Gasteiger partial charge in [-0.3, -0.25) is 24.6 Å². The van der Waals surface area contributed by atoms with Gasteiger partial charge in [0.25, 0.3) is 5.91 Å². The maximum atomic E-state index is 15.5. The van der Waals surface area contributed by atoms with Gasteiger partial charge < -0.3 is 29.3 Å². The number of carbonyl (C=O) groups is 3. The molecular weight excluding hydrogens is 726 g/mol. The van der Waals surface area contributed by atoms with Crippen LogP contribution >= 0.6 is 0 Å². The van der Waals surface area contributed by atoms with Crippen LogP contribution in [-0.2, 0) is 16.1 Å². The Labute approximate surface area is 331 Å². The monoisotopic (exact) mass is 773 g/mol. The summed E-state index contributed by atoms with van der Waals surface area (Å²) >= 11 is 0. The van der Waals surface area contributed by atoms with Crippen LogP contribution in [0.5, 0.6) is 17.2 Å². The molecule has 4 aromatic carbocycles. The number of nitrogens with one attached hydrogen (secondary N) is 1. The van der Waals surface area contributed by atoms with Crippen LogP contribution in [0.15, 0.2) is 78.9 Å². The van der Waals surface area contributed by atoms with Crippen molar-refractivity contribution in [3.05, 3.63) is 112 Å². The molecular formula is C45H48FN5O6. The highest BCUT2D eigenvalue weighted by atomic mass is 19.1. The van der Waals surface area contributed by atoms with Crippen molar-refractivity contribution in [2.75, 3.05) is 69.3 Å². The van der Waals surface area contributed by atoms with Gasteiger partial charge in [-0.1, -0.05) is 30.3 Å². The van der Waals surface area contributed by atoms with E-state index in [1.807, 2.05) is 18.2 Å². The predicted octanol–water partition coefficient (Wildman–Crippen LogP) is 5.65. The predicted molar refractivity (Wildman–Crippen MR) is 214 cm³/mol. The normalized spacial score (nSPS) is 22.9. The van der Waals surface area contributed by atoms with Crippen molar-refractivity contribution in [2.24, 2.45) is 5.92 Å². The van der Waals surface area contributed by atoms with E-state index in [1.54, 1.807) is 25.3 Å². The number of carbonyl (C=O) groups excluding carboxylic acids is 3. The molecule has 0 bridgehead atoms. The molecule has 3 fully saturated rings. The summed E-state index contributed by atoms with van der Waals surface area (Å²) in [5.74, 6) is 0.931. The second-order valence-electron chi connectivity index (χ2n) is 16.1. The van der Waals surface area contributed by atoms with Crippen LogP contribution in [-0.4, -0.2) is 98.2 Å². The van der Waals surface area contributed by atoms with Gasteiger partial charge in [-0.05, 0) is 84.3 Å². The number of ether oxygens (including phenoxy) is 2. The number of fused-ring (bicyclic) bond motifs is 2. The maximum Gasteiger partial charge on any atom is 0.255 e. The van der Waals surface area contributed by atoms with Crippen LogP contribution in [0, 0.1) is 11.7 Å². The first kappa shape index (κ1) is 37.0. The molecule has 0 saturated carbocycles. The average Bonchev–Trinajstić information content (AvgIpc) is 3.54. The van der Waals surface area contributed by atoms with E-state index in [0.29, 0.717) is 36.9 Å². The zero-order valence-corrected chi connectivity index (χ0v) is 32.2. The standard InChI is InChI=1S/C45H48FN5O6/c1-56-34-9-4-29(5-10-34)37-27-57-41-23-33(52)8-11-35(41)43(37)30-2-6-32(7-3-30)49-16-14-28(15-17-49)25-48-18-20-50(21-19-48)40-22-31-26-51(45(55)36(31)24-38(40)46)39-12-13-42(53)47-44(39)54/h2-11,22-24,28,37,39,43,52H,12-21,25-27H2,1H3,(H,47,53,54)/t37?,39-,43+/m0/s1. The number of aromatic hydroxyl groups is 1. The number of benzene rings is 4. The number of halogens is 1. The Hall–Kier alpha value is -5.62. The minimum Gasteiger partial charge on any atom is -0.508 e. The zero-order chi connectivity index (χ0) is 39.2. The number of phenolic OH excluding ortho intramolecular Hbond substituents is 1. The molecule has 0 spiro atoms. The van der Waals surface area contributed by atoms with E-state index >= 15 is 4.39 Å². The highest BCUT2D eigenvalue weighted by molar-refractivity contribution is 6.05. The molecule has 0 aromatic heterocycles. The molecule has 0 aliphatic carbocycles. The molecule has 11 nitrogen and oxygen atoms in total. The number of piperidine rings is 2. The molecule has 5 heterocycles. The van der Waals surface area contributed by atoms with Gasteiger partial charge in [-0.25, -0.2) is 4.39 Å². The third-order valence-corrected chi connectivity index (χ3v) is 12.7. The number of imide groups is 1. The first-order valence-electron chi connectivity index (χ1n) is 20.1. The number of nitrogens with zero attached hydrogens (tertiary/aromatic N) is 4. The van der Waals surface area contributed by atoms with Gasteiger partial charge >= 0.3 is 0 Å². The lowest BCUT2D eigenvalue weighted by Gasteiger charge is -2.40. The third kappa shape index (κ3) is 7.27. The fourth-order valence-electron chi connectivity index (χ4n) is 9.57. The molecule has 296 valence electrons. The number of phenols is 1. The molecule has 9 rings (SSSR count). The summed E-state index contributed by atoms with van der Waals surface area (Å²) in [7, 11) is 1.67. The Morgan fingerprint density at radius 3 is 2.30 bits per heavy atom. The van der Waals surface area contributed by atoms with Crippen LogP contribution in [0.2, 0.25) is 0 Å². The first-order chi connectivity index (χ1) is 27.7. The van der Waals surface area contributed by atoms with Gasteiger partial charge in [0.15, 0.2) is 0 Å². The fourth-order valence-corrected chi connectivity index (χ4v) is 9.57. The SMILES string of the molecule is COc1ccc(C2COc3cc(O)ccc3[C@H]2c2ccc(N3CCC(CN4CCN(c5cc6c(cc5F)C(=O)N([C@H]5CCC(=O)NC5=O)C6)CC4)CC3)cc2)cc1. The molecule has 0 radical (unpaired) electrons. The number of hydrogen-bond donors (Lipinski definition) is 2. The van der Waals surface area contributed by atoms with Crippen LogP contribution in [0.1, 0.15) is 70.1 Å². The fraction of sp³-hybridized carbons (Fsp3) is 0.400. The van der Waals surface area contributed by atoms with E-state index < -0.39 is 17.8 Å². The number of hydrogen-bond acceptors (Lipinski definition) is 9. The summed E-state index contributed by atoms with van der Waals surface area (Å²) in [5, 5.41) is 12.5. The molecule has 3 saturated heterocycles. The van der Waals surface area contributed by atoms with Gasteiger partial charge in [0, 0.05) is 93.5 Å². The lowest BCUT2D eigenvalue weighted by Crippen LogP contribution is -2.52. The van der Waals surface area contributed by atoms with Crippen LogP contribution in [0.4, 0.5) is 15.8 Å². The lowest BCUT2D eigenvalue weighted by molar-refractivity contribution is -0.136.